The van der Waals surface area contributed by atoms with Crippen LogP contribution in [0.25, 0.3) is 10.9 Å². The summed E-state index contributed by atoms with van der Waals surface area (Å²) in [6.07, 6.45) is 1.27. The molecule has 3 N–H and O–H groups in total. The maximum atomic E-state index is 12.5. The molecule has 0 spiro atoms. The fraction of sp³-hybridized carbons (Fsp3) is 0.150. The summed E-state index contributed by atoms with van der Waals surface area (Å²) in [5.74, 6) is -1.66. The Morgan fingerprint density at radius 2 is 1.71 bits per heavy atom. The minimum absolute atomic E-state index is 0.126. The molecule has 0 saturated carbocycles. The van der Waals surface area contributed by atoms with Crippen molar-refractivity contribution in [1.82, 2.24) is 10.3 Å². The highest BCUT2D eigenvalue weighted by Crippen LogP contribution is 2.14. The van der Waals surface area contributed by atoms with Gasteiger partial charge in [-0.1, -0.05) is 36.4 Å². The molecule has 1 aromatic heterocycles. The molecule has 1 heterocycles. The van der Waals surface area contributed by atoms with E-state index >= 15 is 0 Å². The molecular weight excluding hydrogens is 378 g/mol. The number of nitrogens with one attached hydrogen (secondary N) is 1. The summed E-state index contributed by atoms with van der Waals surface area (Å²) in [5, 5.41) is 3.28. The van der Waals surface area contributed by atoms with Gasteiger partial charge in [0.2, 0.25) is 5.91 Å². The van der Waals surface area contributed by atoms with E-state index in [1.807, 2.05) is 24.3 Å². The van der Waals surface area contributed by atoms with Crippen molar-refractivity contribution in [1.29, 1.82) is 0 Å². The van der Waals surface area contributed by atoms with Crippen molar-refractivity contribution in [3.05, 3.63) is 72.4 Å². The topological polar surface area (TPSA) is 119 Å². The molecule has 0 fully saturated rings. The average Bonchev–Trinajstić information content (AvgIpc) is 2.71. The first kappa shape index (κ1) is 19.5. The fourth-order valence-electron chi connectivity index (χ4n) is 2.74. The molecule has 0 radical (unpaired) electrons. The number of carbonyl (C=O) groups excluding carboxylic acids is 2. The Bertz CT molecular complexity index is 1110. The third-order valence-corrected chi connectivity index (χ3v) is 6.04. The zero-order valence-electron chi connectivity index (χ0n) is 14.9. The molecule has 28 heavy (non-hydrogen) atoms. The largest absolute Gasteiger partial charge is 0.368 e. The van der Waals surface area contributed by atoms with E-state index in [4.69, 9.17) is 5.73 Å². The van der Waals surface area contributed by atoms with Gasteiger partial charge in [0.15, 0.2) is 9.84 Å². The number of benzene rings is 2. The molecule has 0 aliphatic carbocycles. The SMILES string of the molecule is NC(=O)[C@H](CCS(=O)(=O)c1ccccc1)NC(=O)c1cnc2ccccc2c1. The maximum Gasteiger partial charge on any atom is 0.253 e. The second-order valence-electron chi connectivity index (χ2n) is 6.27. The second kappa shape index (κ2) is 8.18. The summed E-state index contributed by atoms with van der Waals surface area (Å²) < 4.78 is 24.8. The number of amides is 2. The lowest BCUT2D eigenvalue weighted by Gasteiger charge is -2.15. The van der Waals surface area contributed by atoms with Crippen molar-refractivity contribution in [2.45, 2.75) is 17.4 Å². The van der Waals surface area contributed by atoms with Crippen LogP contribution in [0.3, 0.4) is 0 Å². The number of hydrogen-bond donors (Lipinski definition) is 2. The number of nitrogens with zero attached hydrogens (tertiary/aromatic N) is 1. The van der Waals surface area contributed by atoms with Gasteiger partial charge in [0.05, 0.1) is 21.7 Å². The van der Waals surface area contributed by atoms with Crippen LogP contribution in [0, 0.1) is 0 Å². The fourth-order valence-corrected chi connectivity index (χ4v) is 4.09. The summed E-state index contributed by atoms with van der Waals surface area (Å²) in [4.78, 5) is 28.6. The van der Waals surface area contributed by atoms with Crippen molar-refractivity contribution in [3.63, 3.8) is 0 Å². The normalized spacial score (nSPS) is 12.4. The number of sulfone groups is 1. The van der Waals surface area contributed by atoms with Gasteiger partial charge in [-0.2, -0.15) is 0 Å². The van der Waals surface area contributed by atoms with E-state index in [1.165, 1.54) is 18.3 Å². The summed E-state index contributed by atoms with van der Waals surface area (Å²) in [5.41, 5.74) is 6.35. The third-order valence-electron chi connectivity index (χ3n) is 4.28. The molecule has 8 heteroatoms. The van der Waals surface area contributed by atoms with Gasteiger partial charge in [0.1, 0.15) is 6.04 Å². The molecular formula is C20H19N3O4S. The summed E-state index contributed by atoms with van der Waals surface area (Å²) in [6.45, 7) is 0. The quantitative estimate of drug-likeness (QED) is 0.629. The lowest BCUT2D eigenvalue weighted by atomic mass is 10.1. The minimum atomic E-state index is -3.59. The van der Waals surface area contributed by atoms with E-state index in [-0.39, 0.29) is 22.6 Å². The molecule has 3 rings (SSSR count). The summed E-state index contributed by atoms with van der Waals surface area (Å²) in [7, 11) is -3.59. The van der Waals surface area contributed by atoms with Crippen LogP contribution in [0.1, 0.15) is 16.8 Å². The molecule has 0 unspecified atom stereocenters. The number of nitrogens with two attached hydrogens (primary N) is 1. The first-order valence-corrected chi connectivity index (χ1v) is 10.2. The van der Waals surface area contributed by atoms with E-state index in [0.29, 0.717) is 0 Å². The Kier molecular flexibility index (Phi) is 5.70. The van der Waals surface area contributed by atoms with E-state index in [1.54, 1.807) is 24.3 Å². The van der Waals surface area contributed by atoms with Crippen molar-refractivity contribution < 1.29 is 18.0 Å². The number of para-hydroxylation sites is 1. The van der Waals surface area contributed by atoms with Crippen LogP contribution in [-0.2, 0) is 14.6 Å². The number of pyridine rings is 1. The van der Waals surface area contributed by atoms with Crippen molar-refractivity contribution in [3.8, 4) is 0 Å². The van der Waals surface area contributed by atoms with Gasteiger partial charge in [-0.05, 0) is 30.7 Å². The zero-order chi connectivity index (χ0) is 20.1. The van der Waals surface area contributed by atoms with Crippen molar-refractivity contribution in [2.24, 2.45) is 5.73 Å². The summed E-state index contributed by atoms with van der Waals surface area (Å²) >= 11 is 0. The average molecular weight is 397 g/mol. The van der Waals surface area contributed by atoms with Gasteiger partial charge < -0.3 is 11.1 Å². The lowest BCUT2D eigenvalue weighted by Crippen LogP contribution is -2.45. The van der Waals surface area contributed by atoms with E-state index in [2.05, 4.69) is 10.3 Å². The van der Waals surface area contributed by atoms with Gasteiger partial charge in [0, 0.05) is 11.6 Å². The minimum Gasteiger partial charge on any atom is -0.368 e. The van der Waals surface area contributed by atoms with Gasteiger partial charge in [0.25, 0.3) is 5.91 Å². The second-order valence-corrected chi connectivity index (χ2v) is 8.37. The Hall–Kier alpha value is -3.26. The molecule has 0 aliphatic rings. The molecule has 7 nitrogen and oxygen atoms in total. The number of hydrogen-bond acceptors (Lipinski definition) is 5. The van der Waals surface area contributed by atoms with Crippen LogP contribution in [0.2, 0.25) is 0 Å². The van der Waals surface area contributed by atoms with E-state index < -0.39 is 27.7 Å². The number of aromatic nitrogens is 1. The Balaban J connectivity index is 1.71. The predicted molar refractivity (Wildman–Crippen MR) is 105 cm³/mol. The third kappa shape index (κ3) is 4.52. The van der Waals surface area contributed by atoms with Crippen LogP contribution >= 0.6 is 0 Å². The van der Waals surface area contributed by atoms with E-state index in [0.717, 1.165) is 10.9 Å². The highest BCUT2D eigenvalue weighted by Gasteiger charge is 2.23. The number of primary amides is 1. The van der Waals surface area contributed by atoms with Crippen LogP contribution in [0.4, 0.5) is 0 Å². The zero-order valence-corrected chi connectivity index (χ0v) is 15.7. The van der Waals surface area contributed by atoms with Crippen molar-refractivity contribution in [2.75, 3.05) is 5.75 Å². The Morgan fingerprint density at radius 3 is 2.43 bits per heavy atom. The number of rotatable bonds is 7. The van der Waals surface area contributed by atoms with Crippen molar-refractivity contribution >= 4 is 32.6 Å². The predicted octanol–water partition coefficient (Wildman–Crippen LogP) is 1.68. The maximum absolute atomic E-state index is 12.5. The van der Waals surface area contributed by atoms with Crippen LogP contribution < -0.4 is 11.1 Å². The first-order chi connectivity index (χ1) is 13.4. The molecule has 0 aliphatic heterocycles. The molecule has 1 atom stereocenters. The van der Waals surface area contributed by atoms with Gasteiger partial charge >= 0.3 is 0 Å². The highest BCUT2D eigenvalue weighted by atomic mass is 32.2. The number of carbonyl (C=O) groups is 2. The Morgan fingerprint density at radius 1 is 1.04 bits per heavy atom. The smallest absolute Gasteiger partial charge is 0.253 e. The number of fused-ring (bicyclic) bond motifs is 1. The molecule has 3 aromatic rings. The lowest BCUT2D eigenvalue weighted by molar-refractivity contribution is -0.119. The highest BCUT2D eigenvalue weighted by molar-refractivity contribution is 7.91. The molecule has 2 aromatic carbocycles. The van der Waals surface area contributed by atoms with Gasteiger partial charge in [-0.25, -0.2) is 8.42 Å². The molecule has 0 bridgehead atoms. The molecule has 0 saturated heterocycles. The van der Waals surface area contributed by atoms with Gasteiger partial charge in [-0.3, -0.25) is 14.6 Å². The van der Waals surface area contributed by atoms with Gasteiger partial charge in [-0.15, -0.1) is 0 Å². The first-order valence-electron chi connectivity index (χ1n) is 8.59. The van der Waals surface area contributed by atoms with Crippen LogP contribution in [0.15, 0.2) is 71.8 Å². The molecule has 2 amide bonds. The summed E-state index contributed by atoms with van der Waals surface area (Å²) in [6, 6.07) is 15.7. The molecule has 144 valence electrons. The Labute approximate surface area is 162 Å². The standard InChI is InChI=1S/C20H19N3O4S/c21-19(24)18(10-11-28(26,27)16-7-2-1-3-8-16)23-20(25)15-12-14-6-4-5-9-17(14)22-13-15/h1-9,12-13,18H,10-11H2,(H2,21,24)(H,23,25)/t18-/m0/s1. The monoisotopic (exact) mass is 397 g/mol. The van der Waals surface area contributed by atoms with Crippen LogP contribution in [-0.4, -0.2) is 37.0 Å². The van der Waals surface area contributed by atoms with E-state index in [9.17, 15) is 18.0 Å². The van der Waals surface area contributed by atoms with Crippen LogP contribution in [0.5, 0.6) is 0 Å².